The van der Waals surface area contributed by atoms with Crippen LogP contribution >= 0.6 is 11.3 Å². The maximum Gasteiger partial charge on any atom is 0.227 e. The highest BCUT2D eigenvalue weighted by atomic mass is 32.1. The molecule has 0 spiro atoms. The first kappa shape index (κ1) is 19.7. The molecule has 1 aromatic rings. The molecule has 0 radical (unpaired) electrons. The fourth-order valence-corrected chi connectivity index (χ4v) is 3.94. The van der Waals surface area contributed by atoms with Gasteiger partial charge < -0.3 is 16.0 Å². The average Bonchev–Trinajstić information content (AvgIpc) is 3.31. The number of nitrogens with one attached hydrogen (secondary N) is 3. The van der Waals surface area contributed by atoms with E-state index in [9.17, 15) is 4.79 Å². The zero-order valence-electron chi connectivity index (χ0n) is 15.8. The fraction of sp³-hybridized carbons (Fsp3) is 0.667. The van der Waals surface area contributed by atoms with Crippen molar-refractivity contribution in [3.05, 3.63) is 22.4 Å². The average molecular weight is 366 g/mol. The Labute approximate surface area is 155 Å². The standard InChI is InChI=1S/C18H31N5OS/c1-18(2,16(24)19-3)13-22-17(20-4)21-12-14(15-8-7-11-25-15)23-9-5-6-10-23/h7-8,11,14H,5-6,9-10,12-13H2,1-4H3,(H,19,24)(H2,20,21,22). The van der Waals surface area contributed by atoms with Crippen molar-refractivity contribution in [3.63, 3.8) is 0 Å². The van der Waals surface area contributed by atoms with Crippen LogP contribution in [0, 0.1) is 5.41 Å². The number of hydrogen-bond donors (Lipinski definition) is 3. The first-order valence-corrected chi connectivity index (χ1v) is 9.80. The van der Waals surface area contributed by atoms with Crippen molar-refractivity contribution in [3.8, 4) is 0 Å². The Bertz CT molecular complexity index is 564. The number of nitrogens with zero attached hydrogens (tertiary/aromatic N) is 2. The third-order valence-corrected chi connectivity index (χ3v) is 5.65. The summed E-state index contributed by atoms with van der Waals surface area (Å²) < 4.78 is 0. The molecule has 2 rings (SSSR count). The van der Waals surface area contributed by atoms with E-state index in [0.29, 0.717) is 12.6 Å². The second kappa shape index (κ2) is 9.20. The van der Waals surface area contributed by atoms with Gasteiger partial charge in [-0.15, -0.1) is 11.3 Å². The van der Waals surface area contributed by atoms with Gasteiger partial charge in [-0.25, -0.2) is 0 Å². The molecule has 25 heavy (non-hydrogen) atoms. The molecule has 0 aromatic carbocycles. The van der Waals surface area contributed by atoms with Gasteiger partial charge in [0.1, 0.15) is 0 Å². The van der Waals surface area contributed by atoms with Crippen molar-refractivity contribution in [1.82, 2.24) is 20.9 Å². The Balaban J connectivity index is 1.92. The Morgan fingerprint density at radius 3 is 2.64 bits per heavy atom. The first-order chi connectivity index (χ1) is 12.0. The van der Waals surface area contributed by atoms with Crippen LogP contribution in [-0.4, -0.2) is 57.0 Å². The Morgan fingerprint density at radius 1 is 1.36 bits per heavy atom. The number of likely N-dealkylation sites (tertiary alicyclic amines) is 1. The van der Waals surface area contributed by atoms with E-state index in [-0.39, 0.29) is 5.91 Å². The molecule has 0 saturated carbocycles. The molecule has 2 heterocycles. The molecule has 7 heteroatoms. The lowest BCUT2D eigenvalue weighted by Gasteiger charge is -2.28. The zero-order chi connectivity index (χ0) is 18.3. The number of guanidine groups is 1. The summed E-state index contributed by atoms with van der Waals surface area (Å²) in [5, 5.41) is 11.6. The van der Waals surface area contributed by atoms with Crippen LogP contribution in [0.25, 0.3) is 0 Å². The van der Waals surface area contributed by atoms with E-state index >= 15 is 0 Å². The number of hydrogen-bond acceptors (Lipinski definition) is 4. The number of carbonyl (C=O) groups is 1. The van der Waals surface area contributed by atoms with Gasteiger partial charge in [-0.05, 0) is 51.2 Å². The molecule has 1 aromatic heterocycles. The highest BCUT2D eigenvalue weighted by molar-refractivity contribution is 7.10. The second-order valence-electron chi connectivity index (χ2n) is 7.04. The van der Waals surface area contributed by atoms with E-state index < -0.39 is 5.41 Å². The van der Waals surface area contributed by atoms with Crippen molar-refractivity contribution < 1.29 is 4.79 Å². The quantitative estimate of drug-likeness (QED) is 0.509. The second-order valence-corrected chi connectivity index (χ2v) is 8.02. The first-order valence-electron chi connectivity index (χ1n) is 8.92. The van der Waals surface area contributed by atoms with Crippen LogP contribution in [-0.2, 0) is 4.79 Å². The van der Waals surface area contributed by atoms with Gasteiger partial charge in [-0.2, -0.15) is 0 Å². The predicted octanol–water partition coefficient (Wildman–Crippen LogP) is 1.82. The van der Waals surface area contributed by atoms with Gasteiger partial charge in [0.25, 0.3) is 0 Å². The highest BCUT2D eigenvalue weighted by Crippen LogP contribution is 2.27. The molecule has 3 N–H and O–H groups in total. The molecule has 1 unspecified atom stereocenters. The van der Waals surface area contributed by atoms with E-state index in [1.165, 1.54) is 17.7 Å². The summed E-state index contributed by atoms with van der Waals surface area (Å²) in [6.45, 7) is 7.48. The van der Waals surface area contributed by atoms with Crippen molar-refractivity contribution >= 4 is 23.2 Å². The smallest absolute Gasteiger partial charge is 0.227 e. The lowest BCUT2D eigenvalue weighted by Crippen LogP contribution is -2.48. The molecule has 1 aliphatic heterocycles. The van der Waals surface area contributed by atoms with Gasteiger partial charge in [0, 0.05) is 32.1 Å². The maximum absolute atomic E-state index is 11.9. The van der Waals surface area contributed by atoms with Crippen LogP contribution in [0.1, 0.15) is 37.6 Å². The Morgan fingerprint density at radius 2 is 2.08 bits per heavy atom. The van der Waals surface area contributed by atoms with E-state index in [0.717, 1.165) is 25.6 Å². The van der Waals surface area contributed by atoms with E-state index in [1.54, 1.807) is 25.4 Å². The van der Waals surface area contributed by atoms with Crippen LogP contribution in [0.4, 0.5) is 0 Å². The van der Waals surface area contributed by atoms with E-state index in [1.807, 2.05) is 13.8 Å². The van der Waals surface area contributed by atoms with Gasteiger partial charge in [-0.1, -0.05) is 6.07 Å². The highest BCUT2D eigenvalue weighted by Gasteiger charge is 2.27. The summed E-state index contributed by atoms with van der Waals surface area (Å²) in [6.07, 6.45) is 2.55. The Kier molecular flexibility index (Phi) is 7.25. The Hall–Kier alpha value is -1.60. The third-order valence-electron chi connectivity index (χ3n) is 4.68. The lowest BCUT2D eigenvalue weighted by atomic mass is 9.92. The number of carbonyl (C=O) groups excluding carboxylic acids is 1. The molecular formula is C18H31N5OS. The number of aliphatic imine (C=N–C) groups is 1. The largest absolute Gasteiger partial charge is 0.359 e. The molecule has 1 fully saturated rings. The van der Waals surface area contributed by atoms with Gasteiger partial charge in [0.05, 0.1) is 11.5 Å². The van der Waals surface area contributed by atoms with Gasteiger partial charge in [0.15, 0.2) is 5.96 Å². The molecule has 1 amide bonds. The minimum absolute atomic E-state index is 0.0176. The molecule has 1 atom stereocenters. The van der Waals surface area contributed by atoms with Crippen molar-refractivity contribution in [2.45, 2.75) is 32.7 Å². The maximum atomic E-state index is 11.9. The number of thiophene rings is 1. The molecule has 140 valence electrons. The van der Waals surface area contributed by atoms with E-state index in [2.05, 4.69) is 43.4 Å². The molecule has 0 aliphatic carbocycles. The lowest BCUT2D eigenvalue weighted by molar-refractivity contribution is -0.128. The van der Waals surface area contributed by atoms with Gasteiger partial charge in [0.2, 0.25) is 5.91 Å². The SMILES string of the molecule is CN=C(NCC(c1cccs1)N1CCCC1)NCC(C)(C)C(=O)NC. The van der Waals surface area contributed by atoms with Gasteiger partial charge in [-0.3, -0.25) is 14.7 Å². The van der Waals surface area contributed by atoms with Crippen LogP contribution in [0.3, 0.4) is 0 Å². The minimum Gasteiger partial charge on any atom is -0.359 e. The minimum atomic E-state index is -0.492. The summed E-state index contributed by atoms with van der Waals surface area (Å²) in [6, 6.07) is 4.69. The summed E-state index contributed by atoms with van der Waals surface area (Å²) >= 11 is 1.81. The van der Waals surface area contributed by atoms with Gasteiger partial charge >= 0.3 is 0 Å². The van der Waals surface area contributed by atoms with Crippen molar-refractivity contribution in [2.24, 2.45) is 10.4 Å². The number of amides is 1. The molecule has 1 saturated heterocycles. The van der Waals surface area contributed by atoms with E-state index in [4.69, 9.17) is 0 Å². The summed E-state index contributed by atoms with van der Waals surface area (Å²) in [7, 11) is 3.43. The molecule has 6 nitrogen and oxygen atoms in total. The summed E-state index contributed by atoms with van der Waals surface area (Å²) in [4.78, 5) is 20.1. The monoisotopic (exact) mass is 365 g/mol. The molecular weight excluding hydrogens is 334 g/mol. The topological polar surface area (TPSA) is 68.8 Å². The van der Waals surface area contributed by atoms with Crippen LogP contribution in [0.15, 0.2) is 22.5 Å². The zero-order valence-corrected chi connectivity index (χ0v) is 16.6. The van der Waals surface area contributed by atoms with Crippen molar-refractivity contribution in [2.75, 3.05) is 40.3 Å². The summed E-state index contributed by atoms with van der Waals surface area (Å²) in [5.74, 6) is 0.752. The van der Waals surface area contributed by atoms with Crippen LogP contribution in [0.2, 0.25) is 0 Å². The molecule has 0 bridgehead atoms. The van der Waals surface area contributed by atoms with Crippen LogP contribution < -0.4 is 16.0 Å². The summed E-state index contributed by atoms with van der Waals surface area (Å²) in [5.41, 5.74) is -0.492. The normalized spacial score (nSPS) is 17.4. The molecule has 1 aliphatic rings. The van der Waals surface area contributed by atoms with Crippen molar-refractivity contribution in [1.29, 1.82) is 0 Å². The third kappa shape index (κ3) is 5.44. The predicted molar refractivity (Wildman–Crippen MR) is 105 cm³/mol. The fourth-order valence-electron chi connectivity index (χ4n) is 3.08. The number of rotatable bonds is 7. The van der Waals surface area contributed by atoms with Crippen LogP contribution in [0.5, 0.6) is 0 Å².